The maximum absolute atomic E-state index is 2.47. The van der Waals surface area contributed by atoms with Crippen molar-refractivity contribution < 1.29 is 0 Å². The molecule has 1 aliphatic rings. The van der Waals surface area contributed by atoms with Crippen molar-refractivity contribution in [1.29, 1.82) is 0 Å². The number of benzene rings is 6. The Morgan fingerprint density at radius 2 is 0.721 bits per heavy atom. The molecule has 2 heteroatoms. The Hall–Kier alpha value is -5.08. The van der Waals surface area contributed by atoms with Gasteiger partial charge in [0.1, 0.15) is 0 Å². The molecular formula is C41H32N2. The number of fused-ring (bicyclic) bond motifs is 6. The summed E-state index contributed by atoms with van der Waals surface area (Å²) in [6.07, 6.45) is 4.83. The normalized spacial score (nSPS) is 14.8. The molecule has 2 aromatic heterocycles. The van der Waals surface area contributed by atoms with Crippen LogP contribution in [0.3, 0.4) is 0 Å². The van der Waals surface area contributed by atoms with Crippen LogP contribution >= 0.6 is 0 Å². The lowest BCUT2D eigenvalue weighted by Crippen LogP contribution is -2.24. The van der Waals surface area contributed by atoms with Crippen LogP contribution in [-0.2, 0) is 5.41 Å². The topological polar surface area (TPSA) is 9.86 Å². The third kappa shape index (κ3) is 3.59. The van der Waals surface area contributed by atoms with Crippen LogP contribution in [0.5, 0.6) is 0 Å². The number of hydrogen-bond donors (Lipinski definition) is 0. The summed E-state index contributed by atoms with van der Waals surface area (Å²) >= 11 is 0. The molecule has 206 valence electrons. The molecule has 0 radical (unpaired) electrons. The number of rotatable bonds is 4. The van der Waals surface area contributed by atoms with Gasteiger partial charge in [0.25, 0.3) is 0 Å². The van der Waals surface area contributed by atoms with E-state index < -0.39 is 0 Å². The number of para-hydroxylation sites is 4. The third-order valence-corrected chi connectivity index (χ3v) is 9.93. The fourth-order valence-corrected chi connectivity index (χ4v) is 8.01. The van der Waals surface area contributed by atoms with E-state index >= 15 is 0 Å². The first-order valence-corrected chi connectivity index (χ1v) is 15.5. The summed E-state index contributed by atoms with van der Waals surface area (Å²) in [4.78, 5) is 0. The molecule has 0 N–H and O–H groups in total. The molecule has 9 rings (SSSR count). The van der Waals surface area contributed by atoms with Gasteiger partial charge in [-0.1, -0.05) is 110 Å². The summed E-state index contributed by atoms with van der Waals surface area (Å²) in [7, 11) is 0. The average molecular weight is 553 g/mol. The number of hydrogen-bond acceptors (Lipinski definition) is 0. The molecular weight excluding hydrogens is 520 g/mol. The Balaban J connectivity index is 1.23. The zero-order valence-corrected chi connectivity index (χ0v) is 24.1. The van der Waals surface area contributed by atoms with Crippen LogP contribution in [0.2, 0.25) is 0 Å². The molecule has 0 saturated heterocycles. The standard InChI is InChI=1S/C41H32N2/c1-5-21-37-33(17-1)34-18-2-6-22-38(34)42(37)31-15-11-13-29(27-31)41(25-9-10-26-41)30-14-12-16-32(28-30)43-39-23-7-3-19-35(39)36-20-4-8-24-40(36)43/h1-8,11-24,27-28H,9-10,25-26H2. The average Bonchev–Trinajstić information content (AvgIpc) is 3.79. The molecule has 0 bridgehead atoms. The summed E-state index contributed by atoms with van der Waals surface area (Å²) < 4.78 is 4.90. The van der Waals surface area contributed by atoms with E-state index in [4.69, 9.17) is 0 Å². The first kappa shape index (κ1) is 24.5. The van der Waals surface area contributed by atoms with Crippen LogP contribution in [0.1, 0.15) is 36.8 Å². The molecule has 2 heterocycles. The highest BCUT2D eigenvalue weighted by Crippen LogP contribution is 2.48. The van der Waals surface area contributed by atoms with Crippen LogP contribution in [-0.4, -0.2) is 9.13 Å². The molecule has 8 aromatic rings. The van der Waals surface area contributed by atoms with Crippen molar-refractivity contribution in [1.82, 2.24) is 9.13 Å². The second kappa shape index (κ2) is 9.47. The van der Waals surface area contributed by atoms with E-state index in [2.05, 4.69) is 155 Å². The van der Waals surface area contributed by atoms with Crippen LogP contribution in [0.15, 0.2) is 146 Å². The summed E-state index contributed by atoms with van der Waals surface area (Å²) in [5.41, 5.74) is 10.3. The van der Waals surface area contributed by atoms with Crippen LogP contribution in [0, 0.1) is 0 Å². The Morgan fingerprint density at radius 3 is 1.09 bits per heavy atom. The Labute approximate surface area is 251 Å². The lowest BCUT2D eigenvalue weighted by atomic mass is 9.73. The fraction of sp³-hybridized carbons (Fsp3) is 0.122. The second-order valence-corrected chi connectivity index (χ2v) is 12.1. The quantitative estimate of drug-likeness (QED) is 0.205. The minimum absolute atomic E-state index is 0.0104. The molecule has 0 spiro atoms. The zero-order valence-electron chi connectivity index (χ0n) is 24.1. The molecule has 2 nitrogen and oxygen atoms in total. The molecule has 0 aliphatic heterocycles. The van der Waals surface area contributed by atoms with Gasteiger partial charge in [-0.05, 0) is 72.5 Å². The number of aromatic nitrogens is 2. The van der Waals surface area contributed by atoms with E-state index in [0.29, 0.717) is 0 Å². The SMILES string of the molecule is c1cc(-n2c3ccccc3c3ccccc32)cc(C2(c3cccc(-n4c5ccccc5c5ccccc54)c3)CCCC2)c1. The molecule has 6 aromatic carbocycles. The van der Waals surface area contributed by atoms with Gasteiger partial charge in [0, 0.05) is 38.3 Å². The van der Waals surface area contributed by atoms with Gasteiger partial charge in [0.05, 0.1) is 22.1 Å². The van der Waals surface area contributed by atoms with E-state index in [-0.39, 0.29) is 5.41 Å². The molecule has 1 fully saturated rings. The van der Waals surface area contributed by atoms with Gasteiger partial charge in [-0.3, -0.25) is 0 Å². The van der Waals surface area contributed by atoms with Crippen molar-refractivity contribution in [2.75, 3.05) is 0 Å². The summed E-state index contributed by atoms with van der Waals surface area (Å²) in [5, 5.41) is 5.21. The van der Waals surface area contributed by atoms with E-state index in [0.717, 1.165) is 0 Å². The first-order valence-electron chi connectivity index (χ1n) is 15.5. The van der Waals surface area contributed by atoms with E-state index in [1.165, 1.54) is 91.8 Å². The highest BCUT2D eigenvalue weighted by molar-refractivity contribution is 6.10. The van der Waals surface area contributed by atoms with Gasteiger partial charge >= 0.3 is 0 Å². The molecule has 0 unspecified atom stereocenters. The highest BCUT2D eigenvalue weighted by atomic mass is 15.0. The fourth-order valence-electron chi connectivity index (χ4n) is 8.01. The zero-order chi connectivity index (χ0) is 28.4. The highest BCUT2D eigenvalue weighted by Gasteiger charge is 2.38. The molecule has 1 aliphatic carbocycles. The predicted octanol–water partition coefficient (Wildman–Crippen LogP) is 10.7. The van der Waals surface area contributed by atoms with Gasteiger partial charge in [-0.25, -0.2) is 0 Å². The predicted molar refractivity (Wildman–Crippen MR) is 181 cm³/mol. The largest absolute Gasteiger partial charge is 0.309 e. The van der Waals surface area contributed by atoms with Crippen molar-refractivity contribution >= 4 is 43.6 Å². The van der Waals surface area contributed by atoms with Crippen molar-refractivity contribution in [2.45, 2.75) is 31.1 Å². The van der Waals surface area contributed by atoms with E-state index in [9.17, 15) is 0 Å². The van der Waals surface area contributed by atoms with Crippen molar-refractivity contribution in [3.05, 3.63) is 157 Å². The van der Waals surface area contributed by atoms with E-state index in [1.54, 1.807) is 0 Å². The summed E-state index contributed by atoms with van der Waals surface area (Å²) in [5.74, 6) is 0. The maximum Gasteiger partial charge on any atom is 0.0541 e. The van der Waals surface area contributed by atoms with Gasteiger partial charge < -0.3 is 9.13 Å². The van der Waals surface area contributed by atoms with Gasteiger partial charge in [0.15, 0.2) is 0 Å². The van der Waals surface area contributed by atoms with Crippen LogP contribution < -0.4 is 0 Å². The van der Waals surface area contributed by atoms with Gasteiger partial charge in [0.2, 0.25) is 0 Å². The molecule has 1 saturated carbocycles. The smallest absolute Gasteiger partial charge is 0.0541 e. The third-order valence-electron chi connectivity index (χ3n) is 9.93. The van der Waals surface area contributed by atoms with Crippen molar-refractivity contribution in [3.8, 4) is 11.4 Å². The Kier molecular flexibility index (Phi) is 5.40. The Bertz CT molecular complexity index is 2040. The lowest BCUT2D eigenvalue weighted by molar-refractivity contribution is 0.535. The van der Waals surface area contributed by atoms with Crippen LogP contribution in [0.4, 0.5) is 0 Å². The van der Waals surface area contributed by atoms with E-state index in [1.807, 2.05) is 0 Å². The first-order chi connectivity index (χ1) is 21.3. The minimum atomic E-state index is -0.0104. The monoisotopic (exact) mass is 552 g/mol. The summed E-state index contributed by atoms with van der Waals surface area (Å²) in [6, 6.07) is 54.0. The lowest BCUT2D eigenvalue weighted by Gasteiger charge is -2.31. The molecule has 0 amide bonds. The van der Waals surface area contributed by atoms with Gasteiger partial charge in [-0.2, -0.15) is 0 Å². The van der Waals surface area contributed by atoms with Crippen LogP contribution in [0.25, 0.3) is 55.0 Å². The summed E-state index contributed by atoms with van der Waals surface area (Å²) in [6.45, 7) is 0. The van der Waals surface area contributed by atoms with Crippen molar-refractivity contribution in [2.24, 2.45) is 0 Å². The van der Waals surface area contributed by atoms with Gasteiger partial charge in [-0.15, -0.1) is 0 Å². The Morgan fingerprint density at radius 1 is 0.372 bits per heavy atom. The number of nitrogens with zero attached hydrogens (tertiary/aromatic N) is 2. The minimum Gasteiger partial charge on any atom is -0.309 e. The molecule has 43 heavy (non-hydrogen) atoms. The maximum atomic E-state index is 2.47. The molecule has 0 atom stereocenters. The van der Waals surface area contributed by atoms with Crippen molar-refractivity contribution in [3.63, 3.8) is 0 Å². The second-order valence-electron chi connectivity index (χ2n) is 12.1.